The molecule has 0 N–H and O–H groups in total. The van der Waals surface area contributed by atoms with Crippen molar-refractivity contribution < 1.29 is 9.53 Å². The number of nitrogens with zero attached hydrogens (tertiary/aromatic N) is 4. The van der Waals surface area contributed by atoms with E-state index in [2.05, 4.69) is 9.88 Å². The summed E-state index contributed by atoms with van der Waals surface area (Å²) in [6, 6.07) is 7.36. The van der Waals surface area contributed by atoms with Gasteiger partial charge in [0.05, 0.1) is 6.61 Å². The summed E-state index contributed by atoms with van der Waals surface area (Å²) in [6.45, 7) is 5.58. The molecule has 24 heavy (non-hydrogen) atoms. The van der Waals surface area contributed by atoms with E-state index in [1.807, 2.05) is 53.9 Å². The molecular formula is C17H23ClN4O2. The Morgan fingerprint density at radius 3 is 2.38 bits per heavy atom. The number of hydrogen-bond acceptors (Lipinski definition) is 4. The van der Waals surface area contributed by atoms with Gasteiger partial charge in [-0.2, -0.15) is 0 Å². The molecule has 1 saturated heterocycles. The number of piperazine rings is 1. The third-order valence-corrected chi connectivity index (χ3v) is 4.06. The highest BCUT2D eigenvalue weighted by Gasteiger charge is 2.23. The quantitative estimate of drug-likeness (QED) is 0.848. The van der Waals surface area contributed by atoms with Crippen LogP contribution in [0.1, 0.15) is 17.3 Å². The molecule has 0 aliphatic carbocycles. The fraction of sp³-hybridized carbons (Fsp3) is 0.412. The van der Waals surface area contributed by atoms with Crippen molar-refractivity contribution >= 4 is 24.3 Å². The van der Waals surface area contributed by atoms with Gasteiger partial charge in [-0.25, -0.2) is 4.98 Å². The standard InChI is InChI=1S/C17H22N4O2.ClH/c1-3-23-15-6-4-14(5-7-15)16(22)20-10-12-21(13-11-20)17-18-8-9-19(17)2;/h4-9H,3,10-13H2,1-2H3;1H. The third-order valence-electron chi connectivity index (χ3n) is 4.06. The van der Waals surface area contributed by atoms with Gasteiger partial charge in [0.25, 0.3) is 5.91 Å². The van der Waals surface area contributed by atoms with Crippen molar-refractivity contribution in [2.75, 3.05) is 37.7 Å². The fourth-order valence-electron chi connectivity index (χ4n) is 2.81. The van der Waals surface area contributed by atoms with Crippen molar-refractivity contribution in [3.63, 3.8) is 0 Å². The van der Waals surface area contributed by atoms with Crippen LogP contribution in [0.5, 0.6) is 5.75 Å². The van der Waals surface area contributed by atoms with Crippen LogP contribution >= 0.6 is 12.4 Å². The number of halogens is 1. The van der Waals surface area contributed by atoms with Gasteiger partial charge in [0, 0.05) is 51.2 Å². The zero-order valence-electron chi connectivity index (χ0n) is 14.0. The molecule has 130 valence electrons. The highest BCUT2D eigenvalue weighted by Crippen LogP contribution is 2.17. The number of benzene rings is 1. The fourth-order valence-corrected chi connectivity index (χ4v) is 2.81. The van der Waals surface area contributed by atoms with E-state index in [4.69, 9.17) is 4.74 Å². The lowest BCUT2D eigenvalue weighted by atomic mass is 10.1. The van der Waals surface area contributed by atoms with Crippen LogP contribution in [0.2, 0.25) is 0 Å². The van der Waals surface area contributed by atoms with Gasteiger partial charge in [0.1, 0.15) is 5.75 Å². The van der Waals surface area contributed by atoms with Crippen LogP contribution in [0.3, 0.4) is 0 Å². The molecule has 3 rings (SSSR count). The van der Waals surface area contributed by atoms with Gasteiger partial charge in [-0.3, -0.25) is 4.79 Å². The first-order valence-corrected chi connectivity index (χ1v) is 7.93. The average molecular weight is 351 g/mol. The Balaban J connectivity index is 0.00000208. The lowest BCUT2D eigenvalue weighted by Crippen LogP contribution is -2.49. The predicted molar refractivity (Wildman–Crippen MR) is 96.2 cm³/mol. The minimum atomic E-state index is 0. The second-order valence-electron chi connectivity index (χ2n) is 5.57. The first-order valence-electron chi connectivity index (χ1n) is 7.93. The number of anilines is 1. The maximum absolute atomic E-state index is 12.6. The lowest BCUT2D eigenvalue weighted by Gasteiger charge is -2.35. The summed E-state index contributed by atoms with van der Waals surface area (Å²) in [5, 5.41) is 0. The first-order chi connectivity index (χ1) is 11.2. The Kier molecular flexibility index (Phi) is 6.09. The molecule has 1 amide bonds. The number of carbonyl (C=O) groups excluding carboxylic acids is 1. The highest BCUT2D eigenvalue weighted by molar-refractivity contribution is 5.94. The minimum Gasteiger partial charge on any atom is -0.494 e. The Labute approximate surface area is 148 Å². The largest absolute Gasteiger partial charge is 0.494 e. The van der Waals surface area contributed by atoms with Crippen molar-refractivity contribution in [2.45, 2.75) is 6.92 Å². The van der Waals surface area contributed by atoms with Crippen molar-refractivity contribution in [2.24, 2.45) is 7.05 Å². The Hall–Kier alpha value is -2.21. The smallest absolute Gasteiger partial charge is 0.253 e. The molecule has 1 aliphatic heterocycles. The summed E-state index contributed by atoms with van der Waals surface area (Å²) in [5.41, 5.74) is 0.707. The Morgan fingerprint density at radius 2 is 1.83 bits per heavy atom. The monoisotopic (exact) mass is 350 g/mol. The van der Waals surface area contributed by atoms with E-state index in [9.17, 15) is 4.79 Å². The molecular weight excluding hydrogens is 328 g/mol. The molecule has 2 aromatic rings. The zero-order valence-corrected chi connectivity index (χ0v) is 14.8. The van der Waals surface area contributed by atoms with Crippen LogP contribution in [0.4, 0.5) is 5.95 Å². The number of rotatable bonds is 4. The van der Waals surface area contributed by atoms with Gasteiger partial charge in [-0.05, 0) is 31.2 Å². The van der Waals surface area contributed by atoms with Gasteiger partial charge >= 0.3 is 0 Å². The first kappa shape index (κ1) is 18.1. The highest BCUT2D eigenvalue weighted by atomic mass is 35.5. The molecule has 2 heterocycles. The van der Waals surface area contributed by atoms with E-state index < -0.39 is 0 Å². The molecule has 1 aromatic carbocycles. The van der Waals surface area contributed by atoms with E-state index in [1.54, 1.807) is 6.20 Å². The van der Waals surface area contributed by atoms with E-state index in [1.165, 1.54) is 0 Å². The lowest BCUT2D eigenvalue weighted by molar-refractivity contribution is 0.0746. The summed E-state index contributed by atoms with van der Waals surface area (Å²) in [4.78, 5) is 21.0. The van der Waals surface area contributed by atoms with Crippen molar-refractivity contribution in [3.05, 3.63) is 42.2 Å². The van der Waals surface area contributed by atoms with E-state index >= 15 is 0 Å². The molecule has 0 bridgehead atoms. The number of ether oxygens (including phenoxy) is 1. The van der Waals surface area contributed by atoms with Crippen LogP contribution < -0.4 is 9.64 Å². The molecule has 0 spiro atoms. The molecule has 0 saturated carbocycles. The summed E-state index contributed by atoms with van der Waals surface area (Å²) in [7, 11) is 1.99. The molecule has 1 fully saturated rings. The van der Waals surface area contributed by atoms with E-state index in [0.717, 1.165) is 24.8 Å². The molecule has 0 atom stereocenters. The number of amides is 1. The van der Waals surface area contributed by atoms with Gasteiger partial charge < -0.3 is 19.1 Å². The van der Waals surface area contributed by atoms with E-state index in [-0.39, 0.29) is 18.3 Å². The molecule has 7 heteroatoms. The number of aryl methyl sites for hydroxylation is 1. The SMILES string of the molecule is CCOc1ccc(C(=O)N2CCN(c3nccn3C)CC2)cc1.Cl. The van der Waals surface area contributed by atoms with Gasteiger partial charge in [0.2, 0.25) is 5.95 Å². The average Bonchev–Trinajstić information content (AvgIpc) is 3.01. The maximum atomic E-state index is 12.6. The summed E-state index contributed by atoms with van der Waals surface area (Å²) < 4.78 is 7.42. The maximum Gasteiger partial charge on any atom is 0.253 e. The van der Waals surface area contributed by atoms with Crippen LogP contribution in [0.15, 0.2) is 36.7 Å². The predicted octanol–water partition coefficient (Wildman–Crippen LogP) is 2.20. The second kappa shape index (κ2) is 8.06. The second-order valence-corrected chi connectivity index (χ2v) is 5.57. The molecule has 0 unspecified atom stereocenters. The van der Waals surface area contributed by atoms with Crippen molar-refractivity contribution in [1.29, 1.82) is 0 Å². The van der Waals surface area contributed by atoms with Gasteiger partial charge in [-0.15, -0.1) is 12.4 Å². The molecule has 1 aliphatic rings. The summed E-state index contributed by atoms with van der Waals surface area (Å²) >= 11 is 0. The van der Waals surface area contributed by atoms with E-state index in [0.29, 0.717) is 25.3 Å². The zero-order chi connectivity index (χ0) is 16.2. The van der Waals surface area contributed by atoms with Crippen LogP contribution in [0, 0.1) is 0 Å². The van der Waals surface area contributed by atoms with Gasteiger partial charge in [0.15, 0.2) is 0 Å². The molecule has 1 aromatic heterocycles. The third kappa shape index (κ3) is 3.82. The number of hydrogen-bond donors (Lipinski definition) is 0. The number of imidazole rings is 1. The van der Waals surface area contributed by atoms with Crippen LogP contribution in [-0.2, 0) is 7.05 Å². The van der Waals surface area contributed by atoms with Crippen molar-refractivity contribution in [3.8, 4) is 5.75 Å². The van der Waals surface area contributed by atoms with Crippen molar-refractivity contribution in [1.82, 2.24) is 14.5 Å². The van der Waals surface area contributed by atoms with Crippen LogP contribution in [0.25, 0.3) is 0 Å². The minimum absolute atomic E-state index is 0. The topological polar surface area (TPSA) is 50.6 Å². The number of carbonyl (C=O) groups is 1. The summed E-state index contributed by atoms with van der Waals surface area (Å²) in [6.07, 6.45) is 3.74. The summed E-state index contributed by atoms with van der Waals surface area (Å²) in [5.74, 6) is 1.83. The normalized spacial score (nSPS) is 14.2. The Bertz CT molecular complexity index is 663. The molecule has 6 nitrogen and oxygen atoms in total. The molecule has 0 radical (unpaired) electrons. The van der Waals surface area contributed by atoms with Crippen LogP contribution in [-0.4, -0.2) is 53.1 Å². The van der Waals surface area contributed by atoms with Gasteiger partial charge in [-0.1, -0.05) is 0 Å². The number of aromatic nitrogens is 2. The Morgan fingerprint density at radius 1 is 1.17 bits per heavy atom.